The highest BCUT2D eigenvalue weighted by Gasteiger charge is 2.27. The smallest absolute Gasteiger partial charge is 0.232 e. The molecule has 0 aromatic carbocycles. The van der Waals surface area contributed by atoms with Gasteiger partial charge in [-0.05, 0) is 18.6 Å². The van der Waals surface area contributed by atoms with E-state index < -0.39 is 6.04 Å². The van der Waals surface area contributed by atoms with Gasteiger partial charge in [0.25, 0.3) is 0 Å². The molecule has 0 radical (unpaired) electrons. The molecule has 6 nitrogen and oxygen atoms in total. The maximum atomic E-state index is 10.6. The zero-order valence-electron chi connectivity index (χ0n) is 8.78. The van der Waals surface area contributed by atoms with Gasteiger partial charge in [0.2, 0.25) is 6.04 Å². The van der Waals surface area contributed by atoms with Gasteiger partial charge in [0.05, 0.1) is 12.5 Å². The number of hydrazone groups is 1. The van der Waals surface area contributed by atoms with Crippen molar-refractivity contribution in [1.82, 2.24) is 5.01 Å². The van der Waals surface area contributed by atoms with E-state index in [9.17, 15) is 10.1 Å². The molecule has 1 saturated heterocycles. The zero-order valence-corrected chi connectivity index (χ0v) is 8.78. The van der Waals surface area contributed by atoms with Gasteiger partial charge in [0, 0.05) is 17.9 Å². The first-order valence-corrected chi connectivity index (χ1v) is 5.21. The minimum atomic E-state index is -0.498. The van der Waals surface area contributed by atoms with Gasteiger partial charge < -0.3 is 4.42 Å². The molecule has 16 heavy (non-hydrogen) atoms. The van der Waals surface area contributed by atoms with E-state index in [2.05, 4.69) is 5.10 Å². The van der Waals surface area contributed by atoms with Crippen LogP contribution in [0.1, 0.15) is 18.6 Å². The highest BCUT2D eigenvalue weighted by atomic mass is 16.6. The average molecular weight is 223 g/mol. The lowest BCUT2D eigenvalue weighted by Gasteiger charge is -2.25. The fourth-order valence-corrected chi connectivity index (χ4v) is 1.72. The molecule has 1 aliphatic heterocycles. The molecule has 86 valence electrons. The Morgan fingerprint density at radius 2 is 2.56 bits per heavy atom. The van der Waals surface area contributed by atoms with Crippen LogP contribution in [0.3, 0.4) is 0 Å². The Bertz CT molecular complexity index is 375. The zero-order chi connectivity index (χ0) is 11.4. The van der Waals surface area contributed by atoms with Gasteiger partial charge in [-0.1, -0.05) is 0 Å². The Hall–Kier alpha value is -1.85. The lowest BCUT2D eigenvalue weighted by molar-refractivity contribution is -0.526. The van der Waals surface area contributed by atoms with Crippen LogP contribution >= 0.6 is 0 Å². The quantitative estimate of drug-likeness (QED) is 0.440. The highest BCUT2D eigenvalue weighted by molar-refractivity contribution is 5.75. The molecule has 2 heterocycles. The highest BCUT2D eigenvalue weighted by Crippen LogP contribution is 2.12. The Kier molecular flexibility index (Phi) is 3.19. The maximum absolute atomic E-state index is 10.6. The third-order valence-corrected chi connectivity index (χ3v) is 2.56. The van der Waals surface area contributed by atoms with Gasteiger partial charge in [-0.15, -0.1) is 0 Å². The second-order valence-electron chi connectivity index (χ2n) is 3.75. The normalized spacial score (nSPS) is 21.5. The standard InChI is InChI=1S/C10H13N3O3/c14-13(15)9-3-1-5-12(8-9)11-7-10-4-2-6-16-10/h2,4,6-7,9H,1,3,5,8H2. The van der Waals surface area contributed by atoms with Gasteiger partial charge >= 0.3 is 0 Å². The molecule has 0 saturated carbocycles. The van der Waals surface area contributed by atoms with Gasteiger partial charge in [0.15, 0.2) is 0 Å². The Morgan fingerprint density at radius 1 is 1.69 bits per heavy atom. The summed E-state index contributed by atoms with van der Waals surface area (Å²) in [5.41, 5.74) is 0. The van der Waals surface area contributed by atoms with Crippen molar-refractivity contribution in [3.63, 3.8) is 0 Å². The molecule has 6 heteroatoms. The van der Waals surface area contributed by atoms with E-state index in [1.807, 2.05) is 0 Å². The summed E-state index contributed by atoms with van der Waals surface area (Å²) in [6.07, 6.45) is 4.60. The van der Waals surface area contributed by atoms with Gasteiger partial charge in [-0.2, -0.15) is 5.10 Å². The Balaban J connectivity index is 1.92. The van der Waals surface area contributed by atoms with Crippen LogP contribution in [0.25, 0.3) is 0 Å². The fourth-order valence-electron chi connectivity index (χ4n) is 1.72. The third-order valence-electron chi connectivity index (χ3n) is 2.56. The van der Waals surface area contributed by atoms with E-state index in [4.69, 9.17) is 4.42 Å². The summed E-state index contributed by atoms with van der Waals surface area (Å²) in [5.74, 6) is 0.656. The molecule has 1 unspecified atom stereocenters. The van der Waals surface area contributed by atoms with Crippen molar-refractivity contribution in [2.24, 2.45) is 5.10 Å². The number of piperidine rings is 1. The molecule has 1 aromatic rings. The minimum Gasteiger partial charge on any atom is -0.463 e. The summed E-state index contributed by atoms with van der Waals surface area (Å²) < 4.78 is 5.09. The fraction of sp³-hybridized carbons (Fsp3) is 0.500. The molecule has 0 bridgehead atoms. The third kappa shape index (κ3) is 2.59. The van der Waals surface area contributed by atoms with E-state index in [0.717, 1.165) is 13.0 Å². The molecule has 2 rings (SSSR count). The van der Waals surface area contributed by atoms with Crippen LogP contribution in [0, 0.1) is 10.1 Å². The average Bonchev–Trinajstić information content (AvgIpc) is 2.79. The maximum Gasteiger partial charge on any atom is 0.232 e. The van der Waals surface area contributed by atoms with E-state index in [0.29, 0.717) is 18.7 Å². The molecule has 0 aliphatic carbocycles. The summed E-state index contributed by atoms with van der Waals surface area (Å²) in [6, 6.07) is 3.07. The summed E-state index contributed by atoms with van der Waals surface area (Å²) >= 11 is 0. The van der Waals surface area contributed by atoms with E-state index in [1.54, 1.807) is 29.6 Å². The summed E-state index contributed by atoms with van der Waals surface area (Å²) in [6.45, 7) is 1.14. The largest absolute Gasteiger partial charge is 0.463 e. The van der Waals surface area contributed by atoms with Crippen LogP contribution in [0.2, 0.25) is 0 Å². The van der Waals surface area contributed by atoms with Crippen molar-refractivity contribution in [3.05, 3.63) is 34.3 Å². The second kappa shape index (κ2) is 4.78. The monoisotopic (exact) mass is 223 g/mol. The summed E-state index contributed by atoms with van der Waals surface area (Å²) in [4.78, 5) is 10.4. The SMILES string of the molecule is O=[N+]([O-])C1CCCN(N=Cc2ccco2)C1. The van der Waals surface area contributed by atoms with Gasteiger partial charge in [0.1, 0.15) is 12.3 Å². The minimum absolute atomic E-state index is 0.228. The first kappa shape index (κ1) is 10.7. The molecule has 1 aromatic heterocycles. The Labute approximate surface area is 92.7 Å². The first-order valence-electron chi connectivity index (χ1n) is 5.21. The van der Waals surface area contributed by atoms with Crippen LogP contribution in [0.15, 0.2) is 27.9 Å². The molecule has 1 fully saturated rings. The van der Waals surface area contributed by atoms with Crippen LogP contribution < -0.4 is 0 Å². The molecular formula is C10H13N3O3. The number of hydrogen-bond acceptors (Lipinski definition) is 5. The predicted molar refractivity (Wildman–Crippen MR) is 57.9 cm³/mol. The van der Waals surface area contributed by atoms with Crippen molar-refractivity contribution in [1.29, 1.82) is 0 Å². The van der Waals surface area contributed by atoms with Gasteiger partial charge in [-0.25, -0.2) is 0 Å². The number of hydrogen-bond donors (Lipinski definition) is 0. The molecule has 0 N–H and O–H groups in total. The van der Waals surface area contributed by atoms with Crippen molar-refractivity contribution >= 4 is 6.21 Å². The van der Waals surface area contributed by atoms with Crippen molar-refractivity contribution in [2.75, 3.05) is 13.1 Å². The number of nitrogens with zero attached hydrogens (tertiary/aromatic N) is 3. The molecular weight excluding hydrogens is 210 g/mol. The topological polar surface area (TPSA) is 71.9 Å². The van der Waals surface area contributed by atoms with Crippen molar-refractivity contribution in [2.45, 2.75) is 18.9 Å². The summed E-state index contributed by atoms with van der Waals surface area (Å²) in [7, 11) is 0. The number of rotatable bonds is 3. The van der Waals surface area contributed by atoms with Crippen molar-refractivity contribution in [3.8, 4) is 0 Å². The molecule has 1 atom stereocenters. The van der Waals surface area contributed by atoms with E-state index in [1.165, 1.54) is 0 Å². The Morgan fingerprint density at radius 3 is 3.25 bits per heavy atom. The van der Waals surface area contributed by atoms with E-state index >= 15 is 0 Å². The molecule has 0 spiro atoms. The predicted octanol–water partition coefficient (Wildman–Crippen LogP) is 1.35. The summed E-state index contributed by atoms with van der Waals surface area (Å²) in [5, 5.41) is 16.5. The van der Waals surface area contributed by atoms with Crippen molar-refractivity contribution < 1.29 is 9.34 Å². The van der Waals surface area contributed by atoms with Crippen LogP contribution in [0.4, 0.5) is 0 Å². The first-order chi connectivity index (χ1) is 7.75. The number of nitro groups is 1. The second-order valence-corrected chi connectivity index (χ2v) is 3.75. The molecule has 0 amide bonds. The lowest BCUT2D eigenvalue weighted by Crippen LogP contribution is -2.39. The van der Waals surface area contributed by atoms with Crippen LogP contribution in [-0.4, -0.2) is 35.3 Å². The van der Waals surface area contributed by atoms with E-state index in [-0.39, 0.29) is 4.92 Å². The van der Waals surface area contributed by atoms with Gasteiger partial charge in [-0.3, -0.25) is 15.1 Å². The molecule has 1 aliphatic rings. The van der Waals surface area contributed by atoms with Crippen LogP contribution in [-0.2, 0) is 0 Å². The van der Waals surface area contributed by atoms with Crippen LogP contribution in [0.5, 0.6) is 0 Å². The lowest BCUT2D eigenvalue weighted by atomic mass is 10.1. The number of furan rings is 1.